The summed E-state index contributed by atoms with van der Waals surface area (Å²) >= 11 is 0. The van der Waals surface area contributed by atoms with Crippen LogP contribution in [0.15, 0.2) is 40.8 Å². The fraction of sp³-hybridized carbons (Fsp3) is 0.333. The highest BCUT2D eigenvalue weighted by Crippen LogP contribution is 2.23. The van der Waals surface area contributed by atoms with Gasteiger partial charge in [0, 0.05) is 0 Å². The molecule has 2 N–H and O–H groups in total. The monoisotopic (exact) mass is 245 g/mol. The van der Waals surface area contributed by atoms with Crippen molar-refractivity contribution >= 4 is 0 Å². The normalized spacial score (nSPS) is 12.4. The maximum Gasteiger partial charge on any atom is 0.125 e. The molecule has 18 heavy (non-hydrogen) atoms. The van der Waals surface area contributed by atoms with Crippen molar-refractivity contribution in [2.45, 2.75) is 26.3 Å². The first-order valence-corrected chi connectivity index (χ1v) is 6.25. The van der Waals surface area contributed by atoms with Crippen molar-refractivity contribution in [2.24, 2.45) is 5.73 Å². The van der Waals surface area contributed by atoms with Crippen molar-refractivity contribution in [3.8, 4) is 5.75 Å². The molecule has 0 fully saturated rings. The lowest BCUT2D eigenvalue weighted by Crippen LogP contribution is -2.10. The van der Waals surface area contributed by atoms with Gasteiger partial charge < -0.3 is 14.9 Å². The van der Waals surface area contributed by atoms with Crippen LogP contribution in [0, 0.1) is 6.92 Å². The maximum atomic E-state index is 6.15. The summed E-state index contributed by atoms with van der Waals surface area (Å²) < 4.78 is 11.1. The highest BCUT2D eigenvalue weighted by molar-refractivity contribution is 5.32. The van der Waals surface area contributed by atoms with E-state index in [1.165, 1.54) is 0 Å². The molecule has 0 spiro atoms. The number of aryl methyl sites for hydroxylation is 1. The zero-order valence-corrected chi connectivity index (χ0v) is 10.8. The molecule has 3 heteroatoms. The molecule has 96 valence electrons. The smallest absolute Gasteiger partial charge is 0.125 e. The Morgan fingerprint density at radius 3 is 2.44 bits per heavy atom. The second kappa shape index (κ2) is 5.74. The van der Waals surface area contributed by atoms with Crippen molar-refractivity contribution in [3.63, 3.8) is 0 Å². The van der Waals surface area contributed by atoms with Crippen LogP contribution in [-0.2, 0) is 0 Å². The minimum absolute atomic E-state index is 0.223. The van der Waals surface area contributed by atoms with E-state index in [0.29, 0.717) is 0 Å². The van der Waals surface area contributed by atoms with Crippen molar-refractivity contribution in [1.29, 1.82) is 0 Å². The Balaban J connectivity index is 2.09. The lowest BCUT2D eigenvalue weighted by atomic mass is 10.1. The summed E-state index contributed by atoms with van der Waals surface area (Å²) in [6.45, 7) is 4.74. The highest BCUT2D eigenvalue weighted by Gasteiger charge is 2.12. The molecule has 2 aromatic rings. The van der Waals surface area contributed by atoms with Gasteiger partial charge in [-0.3, -0.25) is 0 Å². The van der Waals surface area contributed by atoms with E-state index in [4.69, 9.17) is 14.9 Å². The van der Waals surface area contributed by atoms with E-state index >= 15 is 0 Å². The SMILES string of the molecule is CCCOc1ccc(C(N)c2ccc(C)o2)cc1. The van der Waals surface area contributed by atoms with Crippen LogP contribution >= 0.6 is 0 Å². The van der Waals surface area contributed by atoms with Gasteiger partial charge in [0.1, 0.15) is 17.3 Å². The predicted molar refractivity (Wildman–Crippen MR) is 71.7 cm³/mol. The summed E-state index contributed by atoms with van der Waals surface area (Å²) in [7, 11) is 0. The molecule has 0 saturated carbocycles. The van der Waals surface area contributed by atoms with Crippen molar-refractivity contribution in [2.75, 3.05) is 6.61 Å². The van der Waals surface area contributed by atoms with Crippen LogP contribution in [-0.4, -0.2) is 6.61 Å². The fourth-order valence-electron chi connectivity index (χ4n) is 1.78. The molecule has 0 bridgehead atoms. The molecular formula is C15H19NO2. The number of benzene rings is 1. The van der Waals surface area contributed by atoms with Gasteiger partial charge in [0.2, 0.25) is 0 Å². The van der Waals surface area contributed by atoms with Gasteiger partial charge in [-0.15, -0.1) is 0 Å². The number of ether oxygens (including phenoxy) is 1. The van der Waals surface area contributed by atoms with E-state index in [9.17, 15) is 0 Å². The molecule has 0 saturated heterocycles. The quantitative estimate of drug-likeness (QED) is 0.878. The van der Waals surface area contributed by atoms with Crippen LogP contribution in [0.4, 0.5) is 0 Å². The van der Waals surface area contributed by atoms with E-state index in [-0.39, 0.29) is 6.04 Å². The van der Waals surface area contributed by atoms with Crippen LogP contribution < -0.4 is 10.5 Å². The van der Waals surface area contributed by atoms with Crippen LogP contribution in [0.3, 0.4) is 0 Å². The number of furan rings is 1. The summed E-state index contributed by atoms with van der Waals surface area (Å²) in [5.41, 5.74) is 7.17. The second-order valence-electron chi connectivity index (χ2n) is 4.34. The van der Waals surface area contributed by atoms with Crippen molar-refractivity contribution in [1.82, 2.24) is 0 Å². The summed E-state index contributed by atoms with van der Waals surface area (Å²) in [5.74, 6) is 2.54. The van der Waals surface area contributed by atoms with Gasteiger partial charge >= 0.3 is 0 Å². The Labute approximate surface area is 108 Å². The molecule has 1 heterocycles. The van der Waals surface area contributed by atoms with E-state index in [2.05, 4.69) is 6.92 Å². The van der Waals surface area contributed by atoms with Crippen molar-refractivity contribution < 1.29 is 9.15 Å². The van der Waals surface area contributed by atoms with Crippen molar-refractivity contribution in [3.05, 3.63) is 53.5 Å². The summed E-state index contributed by atoms with van der Waals surface area (Å²) in [6.07, 6.45) is 1.01. The molecule has 1 aromatic carbocycles. The van der Waals surface area contributed by atoms with E-state index in [0.717, 1.165) is 35.9 Å². The Kier molecular flexibility index (Phi) is 4.05. The molecule has 0 amide bonds. The van der Waals surface area contributed by atoms with Crippen LogP contribution in [0.1, 0.15) is 36.5 Å². The molecule has 2 rings (SSSR count). The Morgan fingerprint density at radius 2 is 1.89 bits per heavy atom. The van der Waals surface area contributed by atoms with Gasteiger partial charge in [0.05, 0.1) is 12.6 Å². The Hall–Kier alpha value is -1.74. The standard InChI is InChI=1S/C15H19NO2/c1-3-10-17-13-7-5-12(6-8-13)15(16)14-9-4-11(2)18-14/h4-9,15H,3,10,16H2,1-2H3. The third-order valence-corrected chi connectivity index (χ3v) is 2.78. The van der Waals surface area contributed by atoms with Gasteiger partial charge in [-0.05, 0) is 43.2 Å². The average Bonchev–Trinajstić information content (AvgIpc) is 2.83. The minimum Gasteiger partial charge on any atom is -0.494 e. The van der Waals surface area contributed by atoms with Crippen LogP contribution in [0.5, 0.6) is 5.75 Å². The molecule has 0 radical (unpaired) electrons. The molecule has 0 aliphatic carbocycles. The molecule has 1 unspecified atom stereocenters. The Morgan fingerprint density at radius 1 is 1.17 bits per heavy atom. The summed E-state index contributed by atoms with van der Waals surface area (Å²) in [4.78, 5) is 0. The number of hydrogen-bond donors (Lipinski definition) is 1. The van der Waals surface area contributed by atoms with Crippen LogP contribution in [0.25, 0.3) is 0 Å². The molecule has 1 aromatic heterocycles. The third kappa shape index (κ3) is 2.93. The Bertz CT molecular complexity index is 487. The lowest BCUT2D eigenvalue weighted by molar-refractivity contribution is 0.317. The average molecular weight is 245 g/mol. The topological polar surface area (TPSA) is 48.4 Å². The largest absolute Gasteiger partial charge is 0.494 e. The van der Waals surface area contributed by atoms with E-state index in [1.54, 1.807) is 0 Å². The van der Waals surface area contributed by atoms with E-state index in [1.807, 2.05) is 43.3 Å². The zero-order valence-electron chi connectivity index (χ0n) is 10.8. The molecule has 1 atom stereocenters. The van der Waals surface area contributed by atoms with Gasteiger partial charge in [-0.25, -0.2) is 0 Å². The number of hydrogen-bond acceptors (Lipinski definition) is 3. The molecule has 0 aliphatic heterocycles. The first-order valence-electron chi connectivity index (χ1n) is 6.25. The zero-order chi connectivity index (χ0) is 13.0. The molecular weight excluding hydrogens is 226 g/mol. The predicted octanol–water partition coefficient (Wildman–Crippen LogP) is 3.42. The number of rotatable bonds is 5. The fourth-order valence-corrected chi connectivity index (χ4v) is 1.78. The van der Waals surface area contributed by atoms with Gasteiger partial charge in [0.25, 0.3) is 0 Å². The molecule has 0 aliphatic rings. The first kappa shape index (κ1) is 12.7. The lowest BCUT2D eigenvalue weighted by Gasteiger charge is -2.10. The highest BCUT2D eigenvalue weighted by atomic mass is 16.5. The summed E-state index contributed by atoms with van der Waals surface area (Å²) in [5, 5.41) is 0. The second-order valence-corrected chi connectivity index (χ2v) is 4.34. The van der Waals surface area contributed by atoms with Gasteiger partial charge in [-0.2, -0.15) is 0 Å². The van der Waals surface area contributed by atoms with Gasteiger partial charge in [-0.1, -0.05) is 19.1 Å². The first-order chi connectivity index (χ1) is 8.70. The van der Waals surface area contributed by atoms with E-state index < -0.39 is 0 Å². The minimum atomic E-state index is -0.223. The van der Waals surface area contributed by atoms with Crippen LogP contribution in [0.2, 0.25) is 0 Å². The molecule has 3 nitrogen and oxygen atoms in total. The number of nitrogens with two attached hydrogens (primary N) is 1. The van der Waals surface area contributed by atoms with Gasteiger partial charge in [0.15, 0.2) is 0 Å². The summed E-state index contributed by atoms with van der Waals surface area (Å²) in [6, 6.07) is 11.5. The third-order valence-electron chi connectivity index (χ3n) is 2.78. The maximum absolute atomic E-state index is 6.15.